The van der Waals surface area contributed by atoms with Crippen LogP contribution in [0.15, 0.2) is 0 Å². The molecule has 0 atom stereocenters. The van der Waals surface area contributed by atoms with Gasteiger partial charge < -0.3 is 5.73 Å². The van der Waals surface area contributed by atoms with Crippen molar-refractivity contribution in [3.8, 4) is 0 Å². The first kappa shape index (κ1) is 11.6. The van der Waals surface area contributed by atoms with Gasteiger partial charge in [0.25, 0.3) is 0 Å². The molecule has 80 valence electrons. The van der Waals surface area contributed by atoms with E-state index in [2.05, 4.69) is 4.98 Å². The van der Waals surface area contributed by atoms with Gasteiger partial charge in [-0.2, -0.15) is 0 Å². The molecule has 0 saturated heterocycles. The van der Waals surface area contributed by atoms with Crippen molar-refractivity contribution in [3.05, 3.63) is 15.6 Å². The maximum Gasteiger partial charge on any atom is 0.156 e. The summed E-state index contributed by atoms with van der Waals surface area (Å²) in [6.07, 6.45) is 0. The van der Waals surface area contributed by atoms with Gasteiger partial charge in [0, 0.05) is 17.2 Å². The van der Waals surface area contributed by atoms with E-state index in [4.69, 9.17) is 5.73 Å². The highest BCUT2D eigenvalue weighted by atomic mass is 32.2. The van der Waals surface area contributed by atoms with Crippen molar-refractivity contribution in [1.82, 2.24) is 4.98 Å². The standard InChI is InChI=1S/C8H14N2O2S2/c1-3-14(11,12)5-8-10-6(2)7(4-9)13-8/h3-5,9H2,1-2H3. The van der Waals surface area contributed by atoms with Gasteiger partial charge in [-0.1, -0.05) is 6.92 Å². The molecule has 2 N–H and O–H groups in total. The molecule has 0 bridgehead atoms. The van der Waals surface area contributed by atoms with Crippen molar-refractivity contribution in [2.45, 2.75) is 26.1 Å². The number of aryl methyl sites for hydroxylation is 1. The number of nitrogens with zero attached hydrogens (tertiary/aromatic N) is 1. The van der Waals surface area contributed by atoms with Crippen LogP contribution in [-0.4, -0.2) is 19.2 Å². The van der Waals surface area contributed by atoms with Gasteiger partial charge >= 0.3 is 0 Å². The molecule has 0 aliphatic rings. The van der Waals surface area contributed by atoms with Crippen LogP contribution >= 0.6 is 11.3 Å². The Hall–Kier alpha value is -0.460. The molecular weight excluding hydrogens is 220 g/mol. The highest BCUT2D eigenvalue weighted by Gasteiger charge is 2.13. The predicted molar refractivity (Wildman–Crippen MR) is 57.9 cm³/mol. The first-order chi connectivity index (χ1) is 6.48. The van der Waals surface area contributed by atoms with Crippen molar-refractivity contribution in [2.75, 3.05) is 5.75 Å². The molecule has 1 heterocycles. The Morgan fingerprint density at radius 3 is 2.57 bits per heavy atom. The van der Waals surface area contributed by atoms with Gasteiger partial charge in [0.05, 0.1) is 5.69 Å². The molecule has 0 spiro atoms. The summed E-state index contributed by atoms with van der Waals surface area (Å²) in [6.45, 7) is 3.91. The van der Waals surface area contributed by atoms with E-state index in [1.54, 1.807) is 6.92 Å². The Labute approximate surface area is 88.1 Å². The van der Waals surface area contributed by atoms with Gasteiger partial charge in [0.15, 0.2) is 9.84 Å². The second kappa shape index (κ2) is 4.37. The monoisotopic (exact) mass is 234 g/mol. The fourth-order valence-electron chi connectivity index (χ4n) is 1.03. The molecule has 1 rings (SSSR count). The maximum atomic E-state index is 11.3. The summed E-state index contributed by atoms with van der Waals surface area (Å²) in [5.41, 5.74) is 6.33. The van der Waals surface area contributed by atoms with Crippen molar-refractivity contribution in [3.63, 3.8) is 0 Å². The largest absolute Gasteiger partial charge is 0.326 e. The third-order valence-electron chi connectivity index (χ3n) is 1.91. The molecule has 0 radical (unpaired) electrons. The van der Waals surface area contributed by atoms with Crippen molar-refractivity contribution in [2.24, 2.45) is 5.73 Å². The summed E-state index contributed by atoms with van der Waals surface area (Å²) >= 11 is 1.39. The van der Waals surface area contributed by atoms with Crippen LogP contribution in [0.4, 0.5) is 0 Å². The number of hydrogen-bond donors (Lipinski definition) is 1. The predicted octanol–water partition coefficient (Wildman–Crippen LogP) is 0.845. The number of nitrogens with two attached hydrogens (primary N) is 1. The fourth-order valence-corrected chi connectivity index (χ4v) is 3.19. The van der Waals surface area contributed by atoms with Crippen LogP contribution in [0.1, 0.15) is 22.5 Å². The van der Waals surface area contributed by atoms with E-state index in [9.17, 15) is 8.42 Å². The molecule has 0 aliphatic heterocycles. The topological polar surface area (TPSA) is 73.0 Å². The highest BCUT2D eigenvalue weighted by Crippen LogP contribution is 2.19. The summed E-state index contributed by atoms with van der Waals surface area (Å²) in [5.74, 6) is 0.193. The molecule has 0 fully saturated rings. The van der Waals surface area contributed by atoms with E-state index in [1.807, 2.05) is 6.92 Å². The number of hydrogen-bond acceptors (Lipinski definition) is 5. The minimum Gasteiger partial charge on any atom is -0.326 e. The summed E-state index contributed by atoms with van der Waals surface area (Å²) < 4.78 is 22.6. The molecule has 0 aliphatic carbocycles. The molecule has 1 aromatic rings. The zero-order chi connectivity index (χ0) is 10.8. The minimum atomic E-state index is -2.98. The first-order valence-corrected chi connectivity index (χ1v) is 6.98. The van der Waals surface area contributed by atoms with Gasteiger partial charge in [-0.3, -0.25) is 0 Å². The maximum absolute atomic E-state index is 11.3. The quantitative estimate of drug-likeness (QED) is 0.838. The van der Waals surface area contributed by atoms with E-state index >= 15 is 0 Å². The lowest BCUT2D eigenvalue weighted by Crippen LogP contribution is -2.06. The van der Waals surface area contributed by atoms with Gasteiger partial charge in [-0.25, -0.2) is 13.4 Å². The average molecular weight is 234 g/mol. The number of thiazole rings is 1. The van der Waals surface area contributed by atoms with E-state index in [-0.39, 0.29) is 11.5 Å². The lowest BCUT2D eigenvalue weighted by atomic mass is 10.4. The van der Waals surface area contributed by atoms with Crippen molar-refractivity contribution >= 4 is 21.2 Å². The second-order valence-corrected chi connectivity index (χ2v) is 6.52. The lowest BCUT2D eigenvalue weighted by molar-refractivity contribution is 0.596. The Balaban J connectivity index is 2.88. The number of sulfone groups is 1. The summed E-state index contributed by atoms with van der Waals surface area (Å²) in [4.78, 5) is 5.14. The van der Waals surface area contributed by atoms with E-state index in [1.165, 1.54) is 11.3 Å². The van der Waals surface area contributed by atoms with Crippen LogP contribution in [0, 0.1) is 6.92 Å². The highest BCUT2D eigenvalue weighted by molar-refractivity contribution is 7.90. The third kappa shape index (κ3) is 2.76. The van der Waals surface area contributed by atoms with E-state index in [0.29, 0.717) is 11.6 Å². The molecule has 6 heteroatoms. The molecule has 0 amide bonds. The van der Waals surface area contributed by atoms with Gasteiger partial charge in [-0.05, 0) is 6.92 Å². The van der Waals surface area contributed by atoms with Crippen LogP contribution in [0.25, 0.3) is 0 Å². The smallest absolute Gasteiger partial charge is 0.156 e. The van der Waals surface area contributed by atoms with Crippen LogP contribution in [0.5, 0.6) is 0 Å². The van der Waals surface area contributed by atoms with Gasteiger partial charge in [0.2, 0.25) is 0 Å². The summed E-state index contributed by atoms with van der Waals surface area (Å²) in [7, 11) is -2.98. The number of aromatic nitrogens is 1. The Kier molecular flexibility index (Phi) is 3.63. The Bertz CT molecular complexity index is 409. The SMILES string of the molecule is CCS(=O)(=O)Cc1nc(C)c(CN)s1. The Morgan fingerprint density at radius 2 is 2.14 bits per heavy atom. The van der Waals surface area contributed by atoms with Crippen molar-refractivity contribution in [1.29, 1.82) is 0 Å². The van der Waals surface area contributed by atoms with Crippen LogP contribution in [0.3, 0.4) is 0 Å². The normalized spacial score (nSPS) is 11.9. The minimum absolute atomic E-state index is 0.0367. The van der Waals surface area contributed by atoms with Crippen LogP contribution < -0.4 is 5.73 Å². The fraction of sp³-hybridized carbons (Fsp3) is 0.625. The molecular formula is C8H14N2O2S2. The molecule has 1 aromatic heterocycles. The first-order valence-electron chi connectivity index (χ1n) is 4.34. The summed E-state index contributed by atoms with van der Waals surface area (Å²) in [5, 5.41) is 0.643. The molecule has 0 unspecified atom stereocenters. The molecule has 0 saturated carbocycles. The zero-order valence-electron chi connectivity index (χ0n) is 8.28. The molecule has 0 aromatic carbocycles. The molecule has 14 heavy (non-hydrogen) atoms. The Morgan fingerprint density at radius 1 is 1.50 bits per heavy atom. The van der Waals surface area contributed by atoms with Gasteiger partial charge in [0.1, 0.15) is 10.8 Å². The van der Waals surface area contributed by atoms with E-state index in [0.717, 1.165) is 10.6 Å². The number of rotatable bonds is 4. The average Bonchev–Trinajstić information content (AvgIpc) is 2.45. The molecule has 4 nitrogen and oxygen atoms in total. The van der Waals surface area contributed by atoms with Crippen molar-refractivity contribution < 1.29 is 8.42 Å². The second-order valence-electron chi connectivity index (χ2n) is 3.00. The third-order valence-corrected chi connectivity index (χ3v) is 4.86. The lowest BCUT2D eigenvalue weighted by Gasteiger charge is -1.95. The van der Waals surface area contributed by atoms with Crippen LogP contribution in [0.2, 0.25) is 0 Å². The van der Waals surface area contributed by atoms with Gasteiger partial charge in [-0.15, -0.1) is 11.3 Å². The van der Waals surface area contributed by atoms with E-state index < -0.39 is 9.84 Å². The summed E-state index contributed by atoms with van der Waals surface area (Å²) in [6, 6.07) is 0. The zero-order valence-corrected chi connectivity index (χ0v) is 9.91. The van der Waals surface area contributed by atoms with Crippen LogP contribution in [-0.2, 0) is 22.1 Å².